The van der Waals surface area contributed by atoms with Crippen LogP contribution in [0.15, 0.2) is 60.0 Å². The number of aromatic nitrogens is 3. The minimum Gasteiger partial charge on any atom is -0.497 e. The highest BCUT2D eigenvalue weighted by molar-refractivity contribution is 7.98. The van der Waals surface area contributed by atoms with Gasteiger partial charge in [0.05, 0.1) is 31.5 Å². The summed E-state index contributed by atoms with van der Waals surface area (Å²) in [6, 6.07) is 12.7. The fraction of sp³-hybridized carbons (Fsp3) is 0.190. The molecule has 0 spiro atoms. The van der Waals surface area contributed by atoms with Crippen molar-refractivity contribution >= 4 is 46.6 Å². The highest BCUT2D eigenvalue weighted by Gasteiger charge is 2.17. The number of anilines is 1. The van der Waals surface area contributed by atoms with E-state index in [9.17, 15) is 4.79 Å². The van der Waals surface area contributed by atoms with Gasteiger partial charge in [-0.1, -0.05) is 34.5 Å². The smallest absolute Gasteiger partial charge is 0.230 e. The zero-order chi connectivity index (χ0) is 21.5. The second-order valence-corrected chi connectivity index (χ2v) is 8.22. The Morgan fingerprint density at radius 2 is 1.93 bits per heavy atom. The van der Waals surface area contributed by atoms with Crippen LogP contribution in [-0.4, -0.2) is 28.0 Å². The second kappa shape index (κ2) is 10.5. The van der Waals surface area contributed by atoms with Gasteiger partial charge in [0.25, 0.3) is 0 Å². The van der Waals surface area contributed by atoms with E-state index < -0.39 is 0 Å². The summed E-state index contributed by atoms with van der Waals surface area (Å²) in [6.45, 7) is 4.21. The maximum absolute atomic E-state index is 12.6. The lowest BCUT2D eigenvalue weighted by Gasteiger charge is -2.09. The molecule has 6 nitrogen and oxygen atoms in total. The number of ether oxygens (including phenoxy) is 1. The molecule has 0 saturated carbocycles. The third kappa shape index (κ3) is 6.01. The molecule has 30 heavy (non-hydrogen) atoms. The fourth-order valence-electron chi connectivity index (χ4n) is 2.75. The first kappa shape index (κ1) is 22.2. The predicted molar refractivity (Wildman–Crippen MR) is 122 cm³/mol. The summed E-state index contributed by atoms with van der Waals surface area (Å²) in [6.07, 6.45) is 1.83. The molecule has 0 saturated heterocycles. The molecule has 0 fully saturated rings. The van der Waals surface area contributed by atoms with E-state index in [2.05, 4.69) is 22.2 Å². The van der Waals surface area contributed by atoms with Crippen LogP contribution in [0.5, 0.6) is 5.75 Å². The fourth-order valence-corrected chi connectivity index (χ4v) is 4.13. The van der Waals surface area contributed by atoms with E-state index in [1.165, 1.54) is 0 Å². The summed E-state index contributed by atoms with van der Waals surface area (Å²) >= 11 is 13.6. The third-order valence-corrected chi connectivity index (χ3v) is 5.59. The topological polar surface area (TPSA) is 69.0 Å². The Balaban J connectivity index is 1.72. The van der Waals surface area contributed by atoms with Crippen LogP contribution >= 0.6 is 35.0 Å². The second-order valence-electron chi connectivity index (χ2n) is 6.30. The van der Waals surface area contributed by atoms with Crippen LogP contribution in [0.3, 0.4) is 0 Å². The van der Waals surface area contributed by atoms with E-state index in [0.29, 0.717) is 28.0 Å². The van der Waals surface area contributed by atoms with Gasteiger partial charge in [-0.05, 0) is 42.5 Å². The summed E-state index contributed by atoms with van der Waals surface area (Å²) in [5.41, 5.74) is 2.02. The first-order chi connectivity index (χ1) is 14.5. The number of hydrogen-bond donors (Lipinski definition) is 1. The normalized spacial score (nSPS) is 10.6. The van der Waals surface area contributed by atoms with Gasteiger partial charge in [0.2, 0.25) is 5.91 Å². The summed E-state index contributed by atoms with van der Waals surface area (Å²) < 4.78 is 6.87. The Kier molecular flexibility index (Phi) is 7.79. The standard InChI is InChI=1S/C21H20Cl2N4O2S/c1-3-8-27-20(12-21(28)24-16-10-14(22)9-15(23)11-16)19(25-26-27)13-30-18-6-4-17(29-2)5-7-18/h3-7,9-11H,1,8,12-13H2,2H3,(H,24,28). The van der Waals surface area contributed by atoms with Crippen LogP contribution in [0, 0.1) is 0 Å². The Bertz CT molecular complexity index is 1020. The number of halogens is 2. The van der Waals surface area contributed by atoms with Crippen molar-refractivity contribution in [2.75, 3.05) is 12.4 Å². The van der Waals surface area contributed by atoms with Crippen molar-refractivity contribution in [2.24, 2.45) is 0 Å². The number of carbonyl (C=O) groups excluding carboxylic acids is 1. The quantitative estimate of drug-likeness (QED) is 0.347. The number of amides is 1. The van der Waals surface area contributed by atoms with E-state index in [0.717, 1.165) is 22.0 Å². The van der Waals surface area contributed by atoms with Crippen molar-refractivity contribution in [1.29, 1.82) is 0 Å². The molecule has 0 aliphatic rings. The third-order valence-electron chi connectivity index (χ3n) is 4.13. The van der Waals surface area contributed by atoms with Gasteiger partial charge < -0.3 is 10.1 Å². The molecule has 0 aliphatic carbocycles. The Morgan fingerprint density at radius 3 is 2.57 bits per heavy atom. The zero-order valence-corrected chi connectivity index (χ0v) is 18.6. The maximum Gasteiger partial charge on any atom is 0.230 e. The van der Waals surface area contributed by atoms with Gasteiger partial charge in [0, 0.05) is 26.4 Å². The molecule has 0 atom stereocenters. The number of methoxy groups -OCH3 is 1. The van der Waals surface area contributed by atoms with Crippen LogP contribution < -0.4 is 10.1 Å². The van der Waals surface area contributed by atoms with Gasteiger partial charge in [-0.2, -0.15) is 0 Å². The first-order valence-electron chi connectivity index (χ1n) is 9.03. The Hall–Kier alpha value is -2.48. The zero-order valence-electron chi connectivity index (χ0n) is 16.3. The predicted octanol–water partition coefficient (Wildman–Crippen LogP) is 5.25. The summed E-state index contributed by atoms with van der Waals surface area (Å²) in [5, 5.41) is 12.2. The maximum atomic E-state index is 12.6. The average Bonchev–Trinajstić information content (AvgIpc) is 3.07. The number of carbonyl (C=O) groups is 1. The molecule has 9 heteroatoms. The molecule has 3 rings (SSSR count). The average molecular weight is 463 g/mol. The number of benzene rings is 2. The van der Waals surface area contributed by atoms with Crippen molar-refractivity contribution in [3.63, 3.8) is 0 Å². The van der Waals surface area contributed by atoms with Crippen LogP contribution in [0.1, 0.15) is 11.4 Å². The van der Waals surface area contributed by atoms with Gasteiger partial charge in [0.1, 0.15) is 5.75 Å². The van der Waals surface area contributed by atoms with Crippen LogP contribution in [0.2, 0.25) is 10.0 Å². The van der Waals surface area contributed by atoms with Gasteiger partial charge in [-0.25, -0.2) is 4.68 Å². The van der Waals surface area contributed by atoms with Gasteiger partial charge >= 0.3 is 0 Å². The number of allylic oxidation sites excluding steroid dienone is 1. The minimum absolute atomic E-state index is 0.115. The molecule has 0 radical (unpaired) electrons. The molecular weight excluding hydrogens is 443 g/mol. The number of nitrogens with zero attached hydrogens (tertiary/aromatic N) is 3. The van der Waals surface area contributed by atoms with Crippen LogP contribution in [0.25, 0.3) is 0 Å². The number of nitrogens with one attached hydrogen (secondary N) is 1. The Morgan fingerprint density at radius 1 is 1.23 bits per heavy atom. The first-order valence-corrected chi connectivity index (χ1v) is 10.8. The SMILES string of the molecule is C=CCn1nnc(CSc2ccc(OC)cc2)c1CC(=O)Nc1cc(Cl)cc(Cl)c1. The summed E-state index contributed by atoms with van der Waals surface area (Å²) in [4.78, 5) is 13.7. The highest BCUT2D eigenvalue weighted by atomic mass is 35.5. The van der Waals surface area contributed by atoms with Crippen LogP contribution in [-0.2, 0) is 23.5 Å². The summed E-state index contributed by atoms with van der Waals surface area (Å²) in [5.74, 6) is 1.17. The molecule has 3 aromatic rings. The van der Waals surface area contributed by atoms with Gasteiger partial charge in [-0.3, -0.25) is 4.79 Å². The highest BCUT2D eigenvalue weighted by Crippen LogP contribution is 2.26. The van der Waals surface area contributed by atoms with Crippen molar-refractivity contribution in [1.82, 2.24) is 15.0 Å². The number of rotatable bonds is 9. The molecule has 0 unspecified atom stereocenters. The summed E-state index contributed by atoms with van der Waals surface area (Å²) in [7, 11) is 1.63. The monoisotopic (exact) mass is 462 g/mol. The molecule has 0 bridgehead atoms. The van der Waals surface area contributed by atoms with E-state index >= 15 is 0 Å². The number of hydrogen-bond acceptors (Lipinski definition) is 5. The lowest BCUT2D eigenvalue weighted by atomic mass is 10.2. The van der Waals surface area contributed by atoms with Crippen LogP contribution in [0.4, 0.5) is 5.69 Å². The van der Waals surface area contributed by atoms with Crippen molar-refractivity contribution in [2.45, 2.75) is 23.6 Å². The molecule has 1 heterocycles. The van der Waals surface area contributed by atoms with E-state index in [4.69, 9.17) is 27.9 Å². The van der Waals surface area contributed by atoms with E-state index in [1.807, 2.05) is 24.3 Å². The largest absolute Gasteiger partial charge is 0.497 e. The van der Waals surface area contributed by atoms with Gasteiger partial charge in [0.15, 0.2) is 0 Å². The van der Waals surface area contributed by atoms with E-state index in [-0.39, 0.29) is 12.3 Å². The molecule has 1 aromatic heterocycles. The van der Waals surface area contributed by atoms with Crippen molar-refractivity contribution in [3.05, 3.63) is 76.6 Å². The Labute approximate surface area is 189 Å². The van der Waals surface area contributed by atoms with E-state index in [1.54, 1.807) is 47.8 Å². The molecule has 1 amide bonds. The molecule has 156 valence electrons. The lowest BCUT2D eigenvalue weighted by Crippen LogP contribution is -2.18. The molecule has 2 aromatic carbocycles. The number of thioether (sulfide) groups is 1. The minimum atomic E-state index is -0.211. The molecule has 1 N–H and O–H groups in total. The lowest BCUT2D eigenvalue weighted by molar-refractivity contribution is -0.115. The van der Waals surface area contributed by atoms with Gasteiger partial charge in [-0.15, -0.1) is 23.4 Å². The molecular formula is C21H20Cl2N4O2S. The van der Waals surface area contributed by atoms with Crippen molar-refractivity contribution in [3.8, 4) is 5.75 Å². The molecule has 0 aliphatic heterocycles. The van der Waals surface area contributed by atoms with Crippen molar-refractivity contribution < 1.29 is 9.53 Å².